The smallest absolute Gasteiger partial charge is 0.161 e. The van der Waals surface area contributed by atoms with Gasteiger partial charge >= 0.3 is 0 Å². The van der Waals surface area contributed by atoms with E-state index in [1.165, 1.54) is 5.56 Å². The van der Waals surface area contributed by atoms with Crippen molar-refractivity contribution >= 4 is 34.2 Å². The number of aromatic nitrogens is 2. The zero-order valence-electron chi connectivity index (χ0n) is 8.96. The predicted octanol–water partition coefficient (Wildman–Crippen LogP) is 4.02. The van der Waals surface area contributed by atoms with Gasteiger partial charge in [0.15, 0.2) is 5.82 Å². The summed E-state index contributed by atoms with van der Waals surface area (Å²) in [6, 6.07) is 8.10. The molecule has 0 aliphatic rings. The first-order valence-electron chi connectivity index (χ1n) is 4.84. The van der Waals surface area contributed by atoms with Crippen LogP contribution in [-0.2, 0) is 0 Å². The Balaban J connectivity index is 2.52. The molecule has 0 unspecified atom stereocenters. The van der Waals surface area contributed by atoms with Crippen LogP contribution in [0.2, 0.25) is 5.15 Å². The van der Waals surface area contributed by atoms with Gasteiger partial charge in [-0.3, -0.25) is 0 Å². The predicted molar refractivity (Wildman–Crippen MR) is 74.7 cm³/mol. The SMILES string of the molecule is Cc1ccc(-c2nc(C)c(I)c(Cl)n2)cc1. The van der Waals surface area contributed by atoms with Crippen LogP contribution in [0.1, 0.15) is 11.3 Å². The Morgan fingerprint density at radius 1 is 1.06 bits per heavy atom. The van der Waals surface area contributed by atoms with Crippen LogP contribution >= 0.6 is 34.2 Å². The Bertz CT molecular complexity index is 500. The Hall–Kier alpha value is -0.680. The van der Waals surface area contributed by atoms with E-state index in [4.69, 9.17) is 11.6 Å². The summed E-state index contributed by atoms with van der Waals surface area (Å²) in [6.07, 6.45) is 0. The summed E-state index contributed by atoms with van der Waals surface area (Å²) in [5.74, 6) is 0.683. The van der Waals surface area contributed by atoms with Gasteiger partial charge in [0.1, 0.15) is 5.15 Å². The molecule has 0 amide bonds. The topological polar surface area (TPSA) is 25.8 Å². The average Bonchev–Trinajstić information content (AvgIpc) is 2.26. The van der Waals surface area contributed by atoms with Crippen LogP contribution in [-0.4, -0.2) is 9.97 Å². The summed E-state index contributed by atoms with van der Waals surface area (Å²) in [6.45, 7) is 3.99. The van der Waals surface area contributed by atoms with Crippen molar-refractivity contribution in [3.63, 3.8) is 0 Å². The molecule has 0 fully saturated rings. The van der Waals surface area contributed by atoms with Crippen LogP contribution in [0.25, 0.3) is 11.4 Å². The molecule has 0 atom stereocenters. The summed E-state index contributed by atoms with van der Waals surface area (Å²) in [5, 5.41) is 0.517. The Morgan fingerprint density at radius 2 is 1.69 bits per heavy atom. The van der Waals surface area contributed by atoms with Crippen molar-refractivity contribution in [1.82, 2.24) is 9.97 Å². The van der Waals surface area contributed by atoms with Crippen LogP contribution in [0.3, 0.4) is 0 Å². The van der Waals surface area contributed by atoms with Crippen LogP contribution in [0.5, 0.6) is 0 Å². The van der Waals surface area contributed by atoms with Crippen molar-refractivity contribution in [1.29, 1.82) is 0 Å². The first kappa shape index (κ1) is 11.8. The summed E-state index contributed by atoms with van der Waals surface area (Å²) >= 11 is 8.19. The van der Waals surface area contributed by atoms with Gasteiger partial charge in [0.05, 0.1) is 9.26 Å². The lowest BCUT2D eigenvalue weighted by molar-refractivity contribution is 1.09. The summed E-state index contributed by atoms with van der Waals surface area (Å²) in [4.78, 5) is 8.71. The first-order valence-corrected chi connectivity index (χ1v) is 6.30. The van der Waals surface area contributed by atoms with Crippen LogP contribution < -0.4 is 0 Å². The molecule has 0 aliphatic carbocycles. The number of rotatable bonds is 1. The molecular formula is C12H10ClIN2. The van der Waals surface area contributed by atoms with Gasteiger partial charge in [0.25, 0.3) is 0 Å². The van der Waals surface area contributed by atoms with Gasteiger partial charge in [-0.15, -0.1) is 0 Å². The van der Waals surface area contributed by atoms with E-state index in [1.807, 2.05) is 31.2 Å². The van der Waals surface area contributed by atoms with Gasteiger partial charge < -0.3 is 0 Å². The third kappa shape index (κ3) is 2.35. The molecule has 1 aromatic heterocycles. The maximum atomic E-state index is 6.04. The summed E-state index contributed by atoms with van der Waals surface area (Å²) < 4.78 is 0.912. The minimum Gasteiger partial charge on any atom is -0.232 e. The maximum absolute atomic E-state index is 6.04. The monoisotopic (exact) mass is 344 g/mol. The normalized spacial score (nSPS) is 10.5. The quantitative estimate of drug-likeness (QED) is 0.577. The molecule has 0 radical (unpaired) electrons. The number of benzene rings is 1. The maximum Gasteiger partial charge on any atom is 0.161 e. The van der Waals surface area contributed by atoms with E-state index >= 15 is 0 Å². The van der Waals surface area contributed by atoms with Crippen molar-refractivity contribution in [2.24, 2.45) is 0 Å². The van der Waals surface area contributed by atoms with E-state index in [0.717, 1.165) is 14.8 Å². The van der Waals surface area contributed by atoms with Gasteiger partial charge in [0, 0.05) is 5.56 Å². The van der Waals surface area contributed by atoms with Crippen molar-refractivity contribution in [2.75, 3.05) is 0 Å². The number of hydrogen-bond donors (Lipinski definition) is 0. The fraction of sp³-hybridized carbons (Fsp3) is 0.167. The van der Waals surface area contributed by atoms with Crippen molar-refractivity contribution in [2.45, 2.75) is 13.8 Å². The molecule has 0 N–H and O–H groups in total. The van der Waals surface area contributed by atoms with Crippen molar-refractivity contribution in [3.05, 3.63) is 44.2 Å². The lowest BCUT2D eigenvalue weighted by Gasteiger charge is -2.05. The molecule has 4 heteroatoms. The van der Waals surface area contributed by atoms with Gasteiger partial charge in [0.2, 0.25) is 0 Å². The Labute approximate surface area is 113 Å². The molecule has 0 aliphatic heterocycles. The van der Waals surface area contributed by atoms with Crippen molar-refractivity contribution < 1.29 is 0 Å². The summed E-state index contributed by atoms with van der Waals surface area (Å²) in [7, 11) is 0. The molecule has 0 bridgehead atoms. The van der Waals surface area contributed by atoms with Crippen molar-refractivity contribution in [3.8, 4) is 11.4 Å². The molecule has 2 nitrogen and oxygen atoms in total. The second-order valence-corrected chi connectivity index (χ2v) is 5.04. The van der Waals surface area contributed by atoms with Crippen LogP contribution in [0.4, 0.5) is 0 Å². The lowest BCUT2D eigenvalue weighted by atomic mass is 10.1. The molecule has 0 spiro atoms. The minimum atomic E-state index is 0.517. The van der Waals surface area contributed by atoms with Gasteiger partial charge in [-0.25, -0.2) is 9.97 Å². The van der Waals surface area contributed by atoms with E-state index in [2.05, 4.69) is 39.5 Å². The Kier molecular flexibility index (Phi) is 3.44. The standard InChI is InChI=1S/C12H10ClIN2/c1-7-3-5-9(6-4-7)12-15-8(2)10(14)11(13)16-12/h3-6H,1-2H3. The van der Waals surface area contributed by atoms with Crippen LogP contribution in [0.15, 0.2) is 24.3 Å². The average molecular weight is 345 g/mol. The highest BCUT2D eigenvalue weighted by atomic mass is 127. The number of nitrogens with zero attached hydrogens (tertiary/aromatic N) is 2. The number of halogens is 2. The number of aryl methyl sites for hydroxylation is 2. The fourth-order valence-corrected chi connectivity index (χ4v) is 1.81. The molecule has 82 valence electrons. The third-order valence-corrected chi connectivity index (χ3v) is 4.17. The summed E-state index contributed by atoms with van der Waals surface area (Å²) in [5.41, 5.74) is 3.13. The Morgan fingerprint density at radius 3 is 2.25 bits per heavy atom. The van der Waals surface area contributed by atoms with Gasteiger partial charge in [-0.05, 0) is 36.4 Å². The zero-order valence-corrected chi connectivity index (χ0v) is 11.9. The molecule has 2 aromatic rings. The zero-order chi connectivity index (χ0) is 11.7. The van der Waals surface area contributed by atoms with E-state index in [-0.39, 0.29) is 0 Å². The molecule has 2 rings (SSSR count). The van der Waals surface area contributed by atoms with Gasteiger partial charge in [-0.1, -0.05) is 41.4 Å². The molecule has 1 heterocycles. The minimum absolute atomic E-state index is 0.517. The second-order valence-electron chi connectivity index (χ2n) is 3.60. The third-order valence-electron chi connectivity index (χ3n) is 2.29. The highest BCUT2D eigenvalue weighted by Gasteiger charge is 2.08. The molecule has 0 saturated heterocycles. The van der Waals surface area contributed by atoms with Gasteiger partial charge in [-0.2, -0.15) is 0 Å². The van der Waals surface area contributed by atoms with E-state index in [0.29, 0.717) is 11.0 Å². The van der Waals surface area contributed by atoms with E-state index in [9.17, 15) is 0 Å². The van der Waals surface area contributed by atoms with E-state index in [1.54, 1.807) is 0 Å². The lowest BCUT2D eigenvalue weighted by Crippen LogP contribution is -1.96. The molecule has 0 saturated carbocycles. The second kappa shape index (κ2) is 4.67. The first-order chi connectivity index (χ1) is 7.58. The molecular weight excluding hydrogens is 335 g/mol. The largest absolute Gasteiger partial charge is 0.232 e. The highest BCUT2D eigenvalue weighted by Crippen LogP contribution is 2.23. The van der Waals surface area contributed by atoms with E-state index < -0.39 is 0 Å². The highest BCUT2D eigenvalue weighted by molar-refractivity contribution is 14.1. The van der Waals surface area contributed by atoms with Crippen LogP contribution in [0, 0.1) is 17.4 Å². The molecule has 1 aromatic carbocycles. The molecule has 16 heavy (non-hydrogen) atoms. The number of hydrogen-bond acceptors (Lipinski definition) is 2. The fourth-order valence-electron chi connectivity index (χ4n) is 1.36.